The Labute approximate surface area is 120 Å². The van der Waals surface area contributed by atoms with Gasteiger partial charge in [0.2, 0.25) is 0 Å². The van der Waals surface area contributed by atoms with E-state index in [2.05, 4.69) is 17.6 Å². The van der Waals surface area contributed by atoms with Crippen molar-refractivity contribution in [2.75, 3.05) is 25.6 Å². The van der Waals surface area contributed by atoms with Crippen LogP contribution in [0.15, 0.2) is 24.3 Å². The SMILES string of the molecule is CCOc1ccccc1NC(=S)NC(CC)COC. The lowest BCUT2D eigenvalue weighted by Gasteiger charge is -2.19. The van der Waals surface area contributed by atoms with Crippen molar-refractivity contribution < 1.29 is 9.47 Å². The fourth-order valence-corrected chi connectivity index (χ4v) is 1.93. The van der Waals surface area contributed by atoms with Crippen molar-refractivity contribution in [1.82, 2.24) is 5.32 Å². The number of anilines is 1. The number of benzene rings is 1. The van der Waals surface area contributed by atoms with Crippen LogP contribution in [0.5, 0.6) is 5.75 Å². The van der Waals surface area contributed by atoms with Crippen molar-refractivity contribution in [3.8, 4) is 5.75 Å². The number of hydrogen-bond donors (Lipinski definition) is 2. The topological polar surface area (TPSA) is 42.5 Å². The first kappa shape index (κ1) is 15.7. The molecule has 0 saturated carbocycles. The summed E-state index contributed by atoms with van der Waals surface area (Å²) in [5, 5.41) is 6.96. The fourth-order valence-electron chi connectivity index (χ4n) is 1.66. The number of rotatable bonds is 7. The van der Waals surface area contributed by atoms with E-state index >= 15 is 0 Å². The molecule has 0 aromatic heterocycles. The van der Waals surface area contributed by atoms with E-state index in [9.17, 15) is 0 Å². The molecule has 0 aliphatic heterocycles. The molecule has 1 atom stereocenters. The maximum absolute atomic E-state index is 5.54. The van der Waals surface area contributed by atoms with Gasteiger partial charge in [0.1, 0.15) is 5.75 Å². The van der Waals surface area contributed by atoms with Crippen LogP contribution in [0.4, 0.5) is 5.69 Å². The van der Waals surface area contributed by atoms with E-state index in [1.54, 1.807) is 7.11 Å². The summed E-state index contributed by atoms with van der Waals surface area (Å²) < 4.78 is 10.7. The zero-order chi connectivity index (χ0) is 14.1. The lowest BCUT2D eigenvalue weighted by molar-refractivity contribution is 0.172. The molecular weight excluding hydrogens is 260 g/mol. The summed E-state index contributed by atoms with van der Waals surface area (Å²) in [4.78, 5) is 0. The Bertz CT molecular complexity index is 399. The molecule has 5 heteroatoms. The zero-order valence-electron chi connectivity index (χ0n) is 11.7. The van der Waals surface area contributed by atoms with Crippen molar-refractivity contribution >= 4 is 23.0 Å². The summed E-state index contributed by atoms with van der Waals surface area (Å²) in [7, 11) is 1.69. The molecule has 0 fully saturated rings. The third-order valence-electron chi connectivity index (χ3n) is 2.63. The van der Waals surface area contributed by atoms with Crippen LogP contribution in [0.3, 0.4) is 0 Å². The highest BCUT2D eigenvalue weighted by molar-refractivity contribution is 7.80. The summed E-state index contributed by atoms with van der Waals surface area (Å²) in [5.74, 6) is 0.800. The van der Waals surface area contributed by atoms with Crippen LogP contribution in [0.25, 0.3) is 0 Å². The first-order valence-corrected chi connectivity index (χ1v) is 6.90. The van der Waals surface area contributed by atoms with E-state index in [1.165, 1.54) is 0 Å². The Morgan fingerprint density at radius 3 is 2.68 bits per heavy atom. The Morgan fingerprint density at radius 1 is 1.32 bits per heavy atom. The van der Waals surface area contributed by atoms with E-state index in [0.717, 1.165) is 17.9 Å². The van der Waals surface area contributed by atoms with E-state index in [0.29, 0.717) is 18.3 Å². The summed E-state index contributed by atoms with van der Waals surface area (Å²) in [6.45, 7) is 5.30. The molecule has 1 aromatic carbocycles. The number of para-hydroxylation sites is 2. The molecule has 0 aliphatic rings. The van der Waals surface area contributed by atoms with Crippen molar-refractivity contribution in [2.45, 2.75) is 26.3 Å². The molecule has 2 N–H and O–H groups in total. The molecule has 106 valence electrons. The molecular formula is C14H22N2O2S. The minimum atomic E-state index is 0.212. The van der Waals surface area contributed by atoms with Gasteiger partial charge in [-0.25, -0.2) is 0 Å². The summed E-state index contributed by atoms with van der Waals surface area (Å²) in [6, 6.07) is 7.95. The molecule has 0 radical (unpaired) electrons. The number of ether oxygens (including phenoxy) is 2. The average molecular weight is 282 g/mol. The monoisotopic (exact) mass is 282 g/mol. The highest BCUT2D eigenvalue weighted by atomic mass is 32.1. The van der Waals surface area contributed by atoms with Crippen LogP contribution in [-0.2, 0) is 4.74 Å². The molecule has 1 unspecified atom stereocenters. The standard InChI is InChI=1S/C14H22N2O2S/c1-4-11(10-17-3)15-14(19)16-12-8-6-7-9-13(12)18-5-2/h6-9,11H,4-5,10H2,1-3H3,(H2,15,16,19). The third-order valence-corrected chi connectivity index (χ3v) is 2.85. The molecule has 19 heavy (non-hydrogen) atoms. The Kier molecular flexibility index (Phi) is 7.22. The first-order valence-electron chi connectivity index (χ1n) is 6.49. The predicted molar refractivity (Wildman–Crippen MR) is 82.9 cm³/mol. The number of methoxy groups -OCH3 is 1. The van der Waals surface area contributed by atoms with Gasteiger partial charge in [0.25, 0.3) is 0 Å². The summed E-state index contributed by atoms with van der Waals surface area (Å²) >= 11 is 5.30. The second kappa shape index (κ2) is 8.72. The van der Waals surface area contributed by atoms with Crippen molar-refractivity contribution in [3.63, 3.8) is 0 Å². The van der Waals surface area contributed by atoms with E-state index < -0.39 is 0 Å². The van der Waals surface area contributed by atoms with Crippen molar-refractivity contribution in [2.24, 2.45) is 0 Å². The maximum atomic E-state index is 5.54. The van der Waals surface area contributed by atoms with Crippen LogP contribution < -0.4 is 15.4 Å². The molecule has 0 spiro atoms. The van der Waals surface area contributed by atoms with Gasteiger partial charge in [-0.2, -0.15) is 0 Å². The molecule has 0 heterocycles. The van der Waals surface area contributed by atoms with Crippen LogP contribution in [0.2, 0.25) is 0 Å². The van der Waals surface area contributed by atoms with Gasteiger partial charge in [-0.15, -0.1) is 0 Å². The fraction of sp³-hybridized carbons (Fsp3) is 0.500. The van der Waals surface area contributed by atoms with E-state index in [4.69, 9.17) is 21.7 Å². The van der Waals surface area contributed by atoms with Crippen molar-refractivity contribution in [1.29, 1.82) is 0 Å². The largest absolute Gasteiger partial charge is 0.492 e. The van der Waals surface area contributed by atoms with Gasteiger partial charge in [0.05, 0.1) is 24.9 Å². The van der Waals surface area contributed by atoms with Gasteiger partial charge in [-0.1, -0.05) is 19.1 Å². The van der Waals surface area contributed by atoms with Gasteiger partial charge >= 0.3 is 0 Å². The Morgan fingerprint density at radius 2 is 2.05 bits per heavy atom. The molecule has 1 rings (SSSR count). The van der Waals surface area contributed by atoms with Gasteiger partial charge in [0, 0.05) is 7.11 Å². The van der Waals surface area contributed by atoms with Gasteiger partial charge in [-0.3, -0.25) is 0 Å². The number of thiocarbonyl (C=S) groups is 1. The third kappa shape index (κ3) is 5.44. The molecule has 0 bridgehead atoms. The minimum Gasteiger partial charge on any atom is -0.492 e. The molecule has 1 aromatic rings. The quantitative estimate of drug-likeness (QED) is 0.753. The van der Waals surface area contributed by atoms with Crippen LogP contribution in [0, 0.1) is 0 Å². The summed E-state index contributed by atoms with van der Waals surface area (Å²) in [5.41, 5.74) is 0.870. The second-order valence-electron chi connectivity index (χ2n) is 4.09. The minimum absolute atomic E-state index is 0.212. The normalized spacial score (nSPS) is 11.7. The zero-order valence-corrected chi connectivity index (χ0v) is 12.5. The highest BCUT2D eigenvalue weighted by Gasteiger charge is 2.09. The van der Waals surface area contributed by atoms with Crippen LogP contribution in [0.1, 0.15) is 20.3 Å². The molecule has 4 nitrogen and oxygen atoms in total. The van der Waals surface area contributed by atoms with E-state index in [1.807, 2.05) is 31.2 Å². The second-order valence-corrected chi connectivity index (χ2v) is 4.50. The number of nitrogens with one attached hydrogen (secondary N) is 2. The van der Waals surface area contributed by atoms with E-state index in [-0.39, 0.29) is 6.04 Å². The lowest BCUT2D eigenvalue weighted by Crippen LogP contribution is -2.40. The highest BCUT2D eigenvalue weighted by Crippen LogP contribution is 2.23. The van der Waals surface area contributed by atoms with Crippen LogP contribution >= 0.6 is 12.2 Å². The molecule has 0 amide bonds. The van der Waals surface area contributed by atoms with Gasteiger partial charge < -0.3 is 20.1 Å². The van der Waals surface area contributed by atoms with Crippen molar-refractivity contribution in [3.05, 3.63) is 24.3 Å². The Balaban J connectivity index is 2.61. The van der Waals surface area contributed by atoms with Crippen LogP contribution in [-0.4, -0.2) is 31.5 Å². The Hall–Kier alpha value is -1.33. The van der Waals surface area contributed by atoms with Gasteiger partial charge in [0.15, 0.2) is 5.11 Å². The smallest absolute Gasteiger partial charge is 0.171 e. The molecule has 0 saturated heterocycles. The lowest BCUT2D eigenvalue weighted by atomic mass is 10.2. The summed E-state index contributed by atoms with van der Waals surface area (Å²) in [6.07, 6.45) is 0.947. The number of hydrogen-bond acceptors (Lipinski definition) is 3. The maximum Gasteiger partial charge on any atom is 0.171 e. The predicted octanol–water partition coefficient (Wildman–Crippen LogP) is 2.80. The average Bonchev–Trinajstić information content (AvgIpc) is 2.40. The first-order chi connectivity index (χ1) is 9.21. The van der Waals surface area contributed by atoms with Gasteiger partial charge in [-0.05, 0) is 37.7 Å². The molecule has 0 aliphatic carbocycles.